The van der Waals surface area contributed by atoms with Crippen molar-refractivity contribution in [1.29, 1.82) is 0 Å². The number of hydrogen-bond acceptors (Lipinski definition) is 6. The van der Waals surface area contributed by atoms with E-state index in [0.29, 0.717) is 0 Å². The molecule has 0 fully saturated rings. The third-order valence-electron chi connectivity index (χ3n) is 2.61. The van der Waals surface area contributed by atoms with Gasteiger partial charge in [-0.05, 0) is 0 Å². The van der Waals surface area contributed by atoms with Crippen LogP contribution in [0.25, 0.3) is 0 Å². The van der Waals surface area contributed by atoms with Crippen molar-refractivity contribution in [1.82, 2.24) is 0 Å². The molecule has 0 radical (unpaired) electrons. The lowest BCUT2D eigenvalue weighted by atomic mass is 9.93. The molecule has 0 aliphatic carbocycles. The van der Waals surface area contributed by atoms with Gasteiger partial charge in [0.2, 0.25) is 0 Å². The monoisotopic (exact) mass is 320 g/mol. The van der Waals surface area contributed by atoms with E-state index in [1.807, 2.05) is 0 Å². The van der Waals surface area contributed by atoms with Gasteiger partial charge in [0.25, 0.3) is 0 Å². The Morgan fingerprint density at radius 1 is 0.895 bits per heavy atom. The molecule has 0 heterocycles. The standard InChI is InChI=1S/C9H22O8P2/c1-3-18(12,13)16-7-9(5-10,6-11)8-17-19(14,15)4-2/h10-11H,3-8H2,1-2H3,(H,12,13)(H,14,15). The van der Waals surface area contributed by atoms with Crippen molar-refractivity contribution in [2.24, 2.45) is 5.41 Å². The van der Waals surface area contributed by atoms with E-state index in [2.05, 4.69) is 0 Å². The fraction of sp³-hybridized carbons (Fsp3) is 1.00. The van der Waals surface area contributed by atoms with E-state index < -0.39 is 47.0 Å². The summed E-state index contributed by atoms with van der Waals surface area (Å²) < 4.78 is 32.2. The largest absolute Gasteiger partial charge is 0.396 e. The number of aliphatic hydroxyl groups is 2. The van der Waals surface area contributed by atoms with Crippen LogP contribution in [0.1, 0.15) is 13.8 Å². The van der Waals surface area contributed by atoms with Gasteiger partial charge in [-0.1, -0.05) is 13.8 Å². The summed E-state index contributed by atoms with van der Waals surface area (Å²) in [6, 6.07) is 0. The number of aliphatic hydroxyl groups excluding tert-OH is 2. The van der Waals surface area contributed by atoms with E-state index in [1.54, 1.807) is 0 Å². The van der Waals surface area contributed by atoms with Crippen molar-refractivity contribution in [3.05, 3.63) is 0 Å². The Bertz CT molecular complexity index is 324. The average Bonchev–Trinajstić information content (AvgIpc) is 2.40. The zero-order chi connectivity index (χ0) is 15.2. The van der Waals surface area contributed by atoms with Gasteiger partial charge in [0.15, 0.2) is 0 Å². The van der Waals surface area contributed by atoms with Gasteiger partial charge in [0.05, 0.1) is 31.8 Å². The van der Waals surface area contributed by atoms with E-state index in [0.717, 1.165) is 0 Å². The lowest BCUT2D eigenvalue weighted by molar-refractivity contribution is -0.0227. The molecule has 19 heavy (non-hydrogen) atoms. The summed E-state index contributed by atoms with van der Waals surface area (Å²) in [7, 11) is -7.55. The summed E-state index contributed by atoms with van der Waals surface area (Å²) in [4.78, 5) is 18.6. The van der Waals surface area contributed by atoms with Gasteiger partial charge in [-0.15, -0.1) is 0 Å². The van der Waals surface area contributed by atoms with Gasteiger partial charge in [0.1, 0.15) is 0 Å². The van der Waals surface area contributed by atoms with Crippen molar-refractivity contribution in [2.75, 3.05) is 38.8 Å². The fourth-order valence-electron chi connectivity index (χ4n) is 0.932. The lowest BCUT2D eigenvalue weighted by Gasteiger charge is -2.30. The molecule has 116 valence electrons. The molecular formula is C9H22O8P2. The minimum absolute atomic E-state index is 0.117. The molecule has 0 aromatic heterocycles. The molecule has 0 amide bonds. The summed E-state index contributed by atoms with van der Waals surface area (Å²) >= 11 is 0. The first-order chi connectivity index (χ1) is 8.66. The molecule has 0 aromatic carbocycles. The van der Waals surface area contributed by atoms with Gasteiger partial charge in [-0.3, -0.25) is 9.13 Å². The normalized spacial score (nSPS) is 18.8. The molecule has 2 unspecified atom stereocenters. The second kappa shape index (κ2) is 7.86. The number of hydrogen-bond donors (Lipinski definition) is 4. The SMILES string of the molecule is CCP(=O)(O)OCC(CO)(CO)COP(=O)(O)CC. The van der Waals surface area contributed by atoms with Crippen LogP contribution in [0.3, 0.4) is 0 Å². The molecule has 0 aliphatic heterocycles. The van der Waals surface area contributed by atoms with Crippen molar-refractivity contribution in [3.8, 4) is 0 Å². The summed E-state index contributed by atoms with van der Waals surface area (Å²) in [5, 5.41) is 18.5. The molecule has 4 N–H and O–H groups in total. The van der Waals surface area contributed by atoms with Gasteiger partial charge in [-0.25, -0.2) is 0 Å². The average molecular weight is 320 g/mol. The van der Waals surface area contributed by atoms with Crippen LogP contribution in [0.15, 0.2) is 0 Å². The summed E-state index contributed by atoms with van der Waals surface area (Å²) in [6.07, 6.45) is -0.234. The first-order valence-corrected chi connectivity index (χ1v) is 9.33. The lowest BCUT2D eigenvalue weighted by Crippen LogP contribution is -2.39. The highest BCUT2D eigenvalue weighted by Crippen LogP contribution is 2.45. The van der Waals surface area contributed by atoms with Gasteiger partial charge in [0, 0.05) is 12.3 Å². The predicted octanol–water partition coefficient (Wildman–Crippen LogP) is 0.401. The second-order valence-electron chi connectivity index (χ2n) is 4.27. The van der Waals surface area contributed by atoms with Gasteiger partial charge >= 0.3 is 15.2 Å². The van der Waals surface area contributed by atoms with Crippen LogP contribution in [-0.2, 0) is 18.2 Å². The Kier molecular flexibility index (Phi) is 7.95. The third-order valence-corrected chi connectivity index (χ3v) is 5.28. The van der Waals surface area contributed by atoms with Gasteiger partial charge < -0.3 is 29.0 Å². The molecule has 0 spiro atoms. The van der Waals surface area contributed by atoms with E-state index in [9.17, 15) is 29.1 Å². The van der Waals surface area contributed by atoms with Crippen LogP contribution >= 0.6 is 15.2 Å². The Labute approximate surface area is 112 Å². The quantitative estimate of drug-likeness (QED) is 0.425. The highest BCUT2D eigenvalue weighted by Gasteiger charge is 2.35. The molecule has 0 saturated carbocycles. The molecule has 10 heteroatoms. The predicted molar refractivity (Wildman–Crippen MR) is 69.2 cm³/mol. The Balaban J connectivity index is 4.68. The first-order valence-electron chi connectivity index (χ1n) is 5.80. The van der Waals surface area contributed by atoms with Crippen LogP contribution in [-0.4, -0.2) is 58.8 Å². The maximum Gasteiger partial charge on any atom is 0.327 e. The van der Waals surface area contributed by atoms with Crippen molar-refractivity contribution >= 4 is 15.2 Å². The summed E-state index contributed by atoms with van der Waals surface area (Å²) in [5.74, 6) is 0. The van der Waals surface area contributed by atoms with Crippen LogP contribution in [0, 0.1) is 5.41 Å². The van der Waals surface area contributed by atoms with Crippen LogP contribution in [0.4, 0.5) is 0 Å². The van der Waals surface area contributed by atoms with E-state index in [4.69, 9.17) is 9.05 Å². The summed E-state index contributed by atoms with van der Waals surface area (Å²) in [6.45, 7) is 0.774. The van der Waals surface area contributed by atoms with Crippen molar-refractivity contribution in [3.63, 3.8) is 0 Å². The smallest absolute Gasteiger partial charge is 0.327 e. The molecule has 2 atom stereocenters. The van der Waals surface area contributed by atoms with Crippen molar-refractivity contribution < 1.29 is 38.2 Å². The molecular weight excluding hydrogens is 298 g/mol. The van der Waals surface area contributed by atoms with E-state index in [-0.39, 0.29) is 12.3 Å². The molecule has 0 saturated heterocycles. The molecule has 8 nitrogen and oxygen atoms in total. The first kappa shape index (κ1) is 19.2. The van der Waals surface area contributed by atoms with E-state index >= 15 is 0 Å². The Hall–Kier alpha value is 0.220. The Morgan fingerprint density at radius 3 is 1.42 bits per heavy atom. The van der Waals surface area contributed by atoms with Crippen LogP contribution < -0.4 is 0 Å². The highest BCUT2D eigenvalue weighted by molar-refractivity contribution is 7.53. The fourth-order valence-corrected chi connectivity index (χ4v) is 2.25. The third kappa shape index (κ3) is 6.97. The maximum absolute atomic E-state index is 11.3. The Morgan fingerprint density at radius 2 is 1.21 bits per heavy atom. The zero-order valence-electron chi connectivity index (χ0n) is 11.1. The highest BCUT2D eigenvalue weighted by atomic mass is 31.2. The molecule has 0 aliphatic rings. The minimum Gasteiger partial charge on any atom is -0.396 e. The molecule has 0 bridgehead atoms. The van der Waals surface area contributed by atoms with Crippen molar-refractivity contribution in [2.45, 2.75) is 13.8 Å². The summed E-state index contributed by atoms with van der Waals surface area (Å²) in [5.41, 5.74) is -1.40. The topological polar surface area (TPSA) is 134 Å². The minimum atomic E-state index is -3.78. The zero-order valence-corrected chi connectivity index (χ0v) is 12.8. The van der Waals surface area contributed by atoms with Crippen LogP contribution in [0.5, 0.6) is 0 Å². The van der Waals surface area contributed by atoms with Crippen LogP contribution in [0.2, 0.25) is 0 Å². The molecule has 0 aromatic rings. The maximum atomic E-state index is 11.3. The second-order valence-corrected chi connectivity index (χ2v) is 8.60. The van der Waals surface area contributed by atoms with Gasteiger partial charge in [-0.2, -0.15) is 0 Å². The molecule has 0 rings (SSSR count). The van der Waals surface area contributed by atoms with E-state index in [1.165, 1.54) is 13.8 Å². The number of rotatable bonds is 10.